The van der Waals surface area contributed by atoms with E-state index in [2.05, 4.69) is 0 Å². The molecule has 0 aromatic heterocycles. The van der Waals surface area contributed by atoms with Gasteiger partial charge in [0.25, 0.3) is 5.91 Å². The van der Waals surface area contributed by atoms with Crippen molar-refractivity contribution in [3.63, 3.8) is 0 Å². The van der Waals surface area contributed by atoms with Crippen LogP contribution in [0.3, 0.4) is 0 Å². The Labute approximate surface area is 165 Å². The molecule has 1 aromatic carbocycles. The Bertz CT molecular complexity index is 702. The summed E-state index contributed by atoms with van der Waals surface area (Å²) in [5.41, 5.74) is 0.708. The van der Waals surface area contributed by atoms with Crippen LogP contribution in [-0.2, 0) is 25.5 Å². The van der Waals surface area contributed by atoms with Crippen molar-refractivity contribution in [3.05, 3.63) is 35.6 Å². The maximum absolute atomic E-state index is 13.2. The summed E-state index contributed by atoms with van der Waals surface area (Å²) < 4.78 is 18.4. The molecule has 0 aliphatic carbocycles. The number of carbonyl (C=O) groups is 3. The Kier molecular flexibility index (Phi) is 7.92. The minimum Gasteiger partial charge on any atom is -0.455 e. The van der Waals surface area contributed by atoms with Crippen molar-refractivity contribution in [1.29, 1.82) is 0 Å². The largest absolute Gasteiger partial charge is 0.455 e. The van der Waals surface area contributed by atoms with Gasteiger partial charge in [0, 0.05) is 40.3 Å². The standard InChI is InChI=1S/C20H28FN3O4/c1-15(11-16-5-4-6-17(21)12-16)20(27)28-14-19(26)24-9-7-23(8-10-24)13-18(25)22(2)3/h4-6,12,15H,7-11,13-14H2,1-3H3. The first kappa shape index (κ1) is 21.8. The molecule has 0 bridgehead atoms. The van der Waals surface area contributed by atoms with E-state index < -0.39 is 11.9 Å². The van der Waals surface area contributed by atoms with Crippen LogP contribution in [0.25, 0.3) is 0 Å². The number of hydrogen-bond acceptors (Lipinski definition) is 5. The van der Waals surface area contributed by atoms with Crippen molar-refractivity contribution >= 4 is 17.8 Å². The highest BCUT2D eigenvalue weighted by Crippen LogP contribution is 2.12. The van der Waals surface area contributed by atoms with E-state index in [1.54, 1.807) is 43.0 Å². The van der Waals surface area contributed by atoms with Gasteiger partial charge in [0.15, 0.2) is 6.61 Å². The third-order valence-corrected chi connectivity index (χ3v) is 4.75. The second kappa shape index (κ2) is 10.2. The number of likely N-dealkylation sites (N-methyl/N-ethyl adjacent to an activating group) is 1. The first-order chi connectivity index (χ1) is 13.3. The highest BCUT2D eigenvalue weighted by molar-refractivity contribution is 5.81. The van der Waals surface area contributed by atoms with Crippen LogP contribution in [0.4, 0.5) is 4.39 Å². The van der Waals surface area contributed by atoms with Crippen LogP contribution < -0.4 is 0 Å². The van der Waals surface area contributed by atoms with E-state index in [1.165, 1.54) is 12.1 Å². The summed E-state index contributed by atoms with van der Waals surface area (Å²) in [7, 11) is 3.43. The summed E-state index contributed by atoms with van der Waals surface area (Å²) in [6.07, 6.45) is 0.351. The van der Waals surface area contributed by atoms with Gasteiger partial charge in [-0.2, -0.15) is 0 Å². The van der Waals surface area contributed by atoms with Crippen molar-refractivity contribution in [2.24, 2.45) is 5.92 Å². The van der Waals surface area contributed by atoms with Crippen LogP contribution in [0, 0.1) is 11.7 Å². The molecule has 0 N–H and O–H groups in total. The molecule has 0 saturated carbocycles. The summed E-state index contributed by atoms with van der Waals surface area (Å²) in [6.45, 7) is 3.93. The molecule has 1 aromatic rings. The molecule has 8 heteroatoms. The molecule has 154 valence electrons. The number of halogens is 1. The van der Waals surface area contributed by atoms with E-state index >= 15 is 0 Å². The van der Waals surface area contributed by atoms with Gasteiger partial charge in [-0.3, -0.25) is 19.3 Å². The maximum atomic E-state index is 13.2. The fraction of sp³-hybridized carbons (Fsp3) is 0.550. The van der Waals surface area contributed by atoms with Crippen molar-refractivity contribution < 1.29 is 23.5 Å². The van der Waals surface area contributed by atoms with Gasteiger partial charge in [0.2, 0.25) is 5.91 Å². The molecular formula is C20H28FN3O4. The van der Waals surface area contributed by atoms with Gasteiger partial charge in [-0.05, 0) is 24.1 Å². The van der Waals surface area contributed by atoms with Gasteiger partial charge in [-0.1, -0.05) is 19.1 Å². The molecule has 1 fully saturated rings. The minimum absolute atomic E-state index is 0.0287. The summed E-state index contributed by atoms with van der Waals surface area (Å²) in [5, 5.41) is 0. The lowest BCUT2D eigenvalue weighted by Gasteiger charge is -2.34. The molecule has 2 amide bonds. The number of esters is 1. The lowest BCUT2D eigenvalue weighted by Crippen LogP contribution is -2.51. The number of benzene rings is 1. The maximum Gasteiger partial charge on any atom is 0.309 e. The van der Waals surface area contributed by atoms with Crippen molar-refractivity contribution in [2.45, 2.75) is 13.3 Å². The van der Waals surface area contributed by atoms with E-state index in [-0.39, 0.29) is 24.2 Å². The Balaban J connectivity index is 1.72. The zero-order chi connectivity index (χ0) is 20.7. The van der Waals surface area contributed by atoms with E-state index in [1.807, 2.05) is 4.90 Å². The minimum atomic E-state index is -0.479. The van der Waals surface area contributed by atoms with Gasteiger partial charge >= 0.3 is 5.97 Å². The van der Waals surface area contributed by atoms with E-state index in [4.69, 9.17) is 4.74 Å². The number of hydrogen-bond donors (Lipinski definition) is 0. The number of ether oxygens (including phenoxy) is 1. The normalized spacial score (nSPS) is 15.8. The molecule has 0 spiro atoms. The fourth-order valence-corrected chi connectivity index (χ4v) is 2.96. The molecule has 1 aliphatic rings. The molecule has 0 radical (unpaired) electrons. The number of rotatable bonds is 7. The van der Waals surface area contributed by atoms with Crippen LogP contribution in [0.15, 0.2) is 24.3 Å². The third-order valence-electron chi connectivity index (χ3n) is 4.75. The Hall–Kier alpha value is -2.48. The Morgan fingerprint density at radius 1 is 1.18 bits per heavy atom. The van der Waals surface area contributed by atoms with Gasteiger partial charge in [-0.25, -0.2) is 4.39 Å². The average molecular weight is 393 g/mol. The predicted octanol–water partition coefficient (Wildman–Crippen LogP) is 0.780. The van der Waals surface area contributed by atoms with E-state index in [0.717, 1.165) is 0 Å². The molecule has 28 heavy (non-hydrogen) atoms. The summed E-state index contributed by atoms with van der Waals surface area (Å²) >= 11 is 0. The smallest absolute Gasteiger partial charge is 0.309 e. The molecule has 2 rings (SSSR count). The van der Waals surface area contributed by atoms with Crippen LogP contribution in [0.2, 0.25) is 0 Å². The summed E-state index contributed by atoms with van der Waals surface area (Å²) in [4.78, 5) is 41.3. The van der Waals surface area contributed by atoms with Crippen LogP contribution in [0.1, 0.15) is 12.5 Å². The monoisotopic (exact) mass is 393 g/mol. The van der Waals surface area contributed by atoms with Gasteiger partial charge in [0.05, 0.1) is 12.5 Å². The number of carbonyl (C=O) groups excluding carboxylic acids is 3. The SMILES string of the molecule is CC(Cc1cccc(F)c1)C(=O)OCC(=O)N1CCN(CC(=O)N(C)C)CC1. The summed E-state index contributed by atoms with van der Waals surface area (Å²) in [5.74, 6) is -1.51. The average Bonchev–Trinajstić information content (AvgIpc) is 2.66. The fourth-order valence-electron chi connectivity index (χ4n) is 2.96. The lowest BCUT2D eigenvalue weighted by atomic mass is 10.0. The van der Waals surface area contributed by atoms with E-state index in [9.17, 15) is 18.8 Å². The third kappa shape index (κ3) is 6.60. The highest BCUT2D eigenvalue weighted by atomic mass is 19.1. The molecule has 1 saturated heterocycles. The zero-order valence-electron chi connectivity index (χ0n) is 16.7. The quantitative estimate of drug-likeness (QED) is 0.641. The molecule has 1 aliphatic heterocycles. The topological polar surface area (TPSA) is 70.2 Å². The highest BCUT2D eigenvalue weighted by Gasteiger charge is 2.24. The zero-order valence-corrected chi connectivity index (χ0v) is 16.7. The van der Waals surface area contributed by atoms with Crippen molar-refractivity contribution in [2.75, 3.05) is 53.4 Å². The molecule has 1 unspecified atom stereocenters. The van der Waals surface area contributed by atoms with Gasteiger partial charge < -0.3 is 14.5 Å². The second-order valence-electron chi connectivity index (χ2n) is 7.29. The molecule has 1 atom stereocenters. The predicted molar refractivity (Wildman–Crippen MR) is 102 cm³/mol. The van der Waals surface area contributed by atoms with Crippen LogP contribution >= 0.6 is 0 Å². The van der Waals surface area contributed by atoms with Crippen molar-refractivity contribution in [1.82, 2.24) is 14.7 Å². The Morgan fingerprint density at radius 2 is 1.86 bits per heavy atom. The summed E-state index contributed by atoms with van der Waals surface area (Å²) in [6, 6.07) is 6.08. The molecule has 1 heterocycles. The number of piperazine rings is 1. The van der Waals surface area contributed by atoms with E-state index in [0.29, 0.717) is 44.7 Å². The first-order valence-corrected chi connectivity index (χ1v) is 9.37. The number of nitrogens with zero attached hydrogens (tertiary/aromatic N) is 3. The molecule has 7 nitrogen and oxygen atoms in total. The van der Waals surface area contributed by atoms with Gasteiger partial charge in [0.1, 0.15) is 5.82 Å². The van der Waals surface area contributed by atoms with Crippen LogP contribution in [-0.4, -0.2) is 85.9 Å². The molecular weight excluding hydrogens is 365 g/mol. The van der Waals surface area contributed by atoms with Crippen molar-refractivity contribution in [3.8, 4) is 0 Å². The first-order valence-electron chi connectivity index (χ1n) is 9.37. The Morgan fingerprint density at radius 3 is 2.46 bits per heavy atom. The second-order valence-corrected chi connectivity index (χ2v) is 7.29. The lowest BCUT2D eigenvalue weighted by molar-refractivity contribution is -0.155. The number of amides is 2. The van der Waals surface area contributed by atoms with Crippen LogP contribution in [0.5, 0.6) is 0 Å². The van der Waals surface area contributed by atoms with Gasteiger partial charge in [-0.15, -0.1) is 0 Å².